The van der Waals surface area contributed by atoms with E-state index in [0.717, 1.165) is 11.1 Å². The average Bonchev–Trinajstić information content (AvgIpc) is 2.39. The van der Waals surface area contributed by atoms with Crippen molar-refractivity contribution in [1.29, 1.82) is 0 Å². The molecule has 17 heavy (non-hydrogen) atoms. The number of hydrogen-bond acceptors (Lipinski definition) is 2. The minimum absolute atomic E-state index is 0.272. The predicted octanol–water partition coefficient (Wildman–Crippen LogP) is 3.95. The van der Waals surface area contributed by atoms with Crippen LogP contribution in [0.1, 0.15) is 0 Å². The van der Waals surface area contributed by atoms with Crippen molar-refractivity contribution in [2.45, 2.75) is 0 Å². The molecule has 2 aromatic carbocycles. The zero-order chi connectivity index (χ0) is 11.7. The molecule has 0 aliphatic heterocycles. The summed E-state index contributed by atoms with van der Waals surface area (Å²) in [6.07, 6.45) is 3.49. The molecule has 0 atom stereocenters. The Kier molecular flexibility index (Phi) is 2.50. The normalized spacial score (nSPS) is 10.6. The number of halogens is 1. The van der Waals surface area contributed by atoms with Crippen molar-refractivity contribution in [2.24, 2.45) is 0 Å². The van der Waals surface area contributed by atoms with E-state index < -0.39 is 0 Å². The maximum atomic E-state index is 5.70. The highest BCUT2D eigenvalue weighted by Gasteiger charge is 2.03. The van der Waals surface area contributed by atoms with Gasteiger partial charge in [0.2, 0.25) is 5.28 Å². The Morgan fingerprint density at radius 1 is 0.824 bits per heavy atom. The first kappa shape index (κ1) is 10.2. The summed E-state index contributed by atoms with van der Waals surface area (Å²) >= 11 is 5.70. The third kappa shape index (κ3) is 1.87. The van der Waals surface area contributed by atoms with Gasteiger partial charge in [0.05, 0.1) is 0 Å². The van der Waals surface area contributed by atoms with E-state index in [1.807, 2.05) is 18.2 Å². The van der Waals surface area contributed by atoms with E-state index in [-0.39, 0.29) is 5.28 Å². The van der Waals surface area contributed by atoms with Crippen molar-refractivity contribution in [2.75, 3.05) is 0 Å². The van der Waals surface area contributed by atoms with Gasteiger partial charge in [-0.15, -0.1) is 0 Å². The van der Waals surface area contributed by atoms with Crippen molar-refractivity contribution < 1.29 is 0 Å². The van der Waals surface area contributed by atoms with Gasteiger partial charge in [-0.05, 0) is 27.9 Å². The molecular formula is C14H9ClN2. The van der Waals surface area contributed by atoms with Crippen molar-refractivity contribution in [3.63, 3.8) is 0 Å². The Bertz CT molecular complexity index is 657. The molecule has 3 heteroatoms. The molecule has 3 rings (SSSR count). The third-order valence-electron chi connectivity index (χ3n) is 2.72. The summed E-state index contributed by atoms with van der Waals surface area (Å²) in [6, 6.07) is 14.4. The number of fused-ring (bicyclic) bond motifs is 1. The Morgan fingerprint density at radius 2 is 1.53 bits per heavy atom. The zero-order valence-corrected chi connectivity index (χ0v) is 9.72. The summed E-state index contributed by atoms with van der Waals surface area (Å²) in [7, 11) is 0. The topological polar surface area (TPSA) is 25.8 Å². The summed E-state index contributed by atoms with van der Waals surface area (Å²) < 4.78 is 0. The van der Waals surface area contributed by atoms with Gasteiger partial charge in [-0.25, -0.2) is 9.97 Å². The Balaban J connectivity index is 2.27. The molecule has 1 heterocycles. The molecule has 0 unspecified atom stereocenters. The average molecular weight is 241 g/mol. The molecule has 0 aliphatic rings. The fourth-order valence-electron chi connectivity index (χ4n) is 1.93. The minimum atomic E-state index is 0.272. The number of benzene rings is 2. The molecule has 2 nitrogen and oxygen atoms in total. The van der Waals surface area contributed by atoms with Crippen LogP contribution in [0.2, 0.25) is 5.28 Å². The molecule has 1 aromatic heterocycles. The lowest BCUT2D eigenvalue weighted by molar-refractivity contribution is 1.17. The fourth-order valence-corrected chi connectivity index (χ4v) is 2.03. The Hall–Kier alpha value is -1.93. The number of rotatable bonds is 1. The maximum absolute atomic E-state index is 5.70. The number of aromatic nitrogens is 2. The SMILES string of the molecule is Clc1ncc(-c2cccc3ccccc23)cn1. The molecule has 0 N–H and O–H groups in total. The summed E-state index contributed by atoms with van der Waals surface area (Å²) in [4.78, 5) is 8.03. The second-order valence-corrected chi connectivity index (χ2v) is 4.11. The van der Waals surface area contributed by atoms with Crippen LogP contribution in [0.4, 0.5) is 0 Å². The van der Waals surface area contributed by atoms with Crippen LogP contribution in [0.25, 0.3) is 21.9 Å². The first-order valence-electron chi connectivity index (χ1n) is 5.30. The molecule has 0 aliphatic carbocycles. The van der Waals surface area contributed by atoms with E-state index in [1.165, 1.54) is 10.8 Å². The second kappa shape index (κ2) is 4.15. The third-order valence-corrected chi connectivity index (χ3v) is 2.92. The molecule has 0 saturated heterocycles. The predicted molar refractivity (Wildman–Crippen MR) is 70.0 cm³/mol. The van der Waals surface area contributed by atoms with Crippen LogP contribution >= 0.6 is 11.6 Å². The molecule has 0 amide bonds. The largest absolute Gasteiger partial charge is 0.226 e. The van der Waals surface area contributed by atoms with Crippen LogP contribution < -0.4 is 0 Å². The summed E-state index contributed by atoms with van der Waals surface area (Å²) in [5, 5.41) is 2.68. The zero-order valence-electron chi connectivity index (χ0n) is 8.97. The van der Waals surface area contributed by atoms with E-state index in [1.54, 1.807) is 12.4 Å². The second-order valence-electron chi connectivity index (χ2n) is 3.77. The quantitative estimate of drug-likeness (QED) is 0.602. The fraction of sp³-hybridized carbons (Fsp3) is 0. The smallest absolute Gasteiger partial charge is 0.222 e. The van der Waals surface area contributed by atoms with E-state index in [2.05, 4.69) is 34.2 Å². The van der Waals surface area contributed by atoms with Gasteiger partial charge in [0.1, 0.15) is 0 Å². The summed E-state index contributed by atoms with van der Waals surface area (Å²) in [5.41, 5.74) is 2.10. The van der Waals surface area contributed by atoms with Gasteiger partial charge in [-0.2, -0.15) is 0 Å². The van der Waals surface area contributed by atoms with E-state index in [4.69, 9.17) is 11.6 Å². The maximum Gasteiger partial charge on any atom is 0.222 e. The monoisotopic (exact) mass is 240 g/mol. The highest BCUT2D eigenvalue weighted by atomic mass is 35.5. The highest BCUT2D eigenvalue weighted by Crippen LogP contribution is 2.27. The molecular weight excluding hydrogens is 232 g/mol. The molecule has 0 radical (unpaired) electrons. The highest BCUT2D eigenvalue weighted by molar-refractivity contribution is 6.28. The van der Waals surface area contributed by atoms with Crippen LogP contribution in [0, 0.1) is 0 Å². The molecule has 0 saturated carbocycles. The van der Waals surface area contributed by atoms with Crippen molar-refractivity contribution in [3.8, 4) is 11.1 Å². The Morgan fingerprint density at radius 3 is 2.35 bits per heavy atom. The van der Waals surface area contributed by atoms with Gasteiger partial charge >= 0.3 is 0 Å². The summed E-state index contributed by atoms with van der Waals surface area (Å²) in [5.74, 6) is 0. The molecule has 0 bridgehead atoms. The molecule has 82 valence electrons. The van der Waals surface area contributed by atoms with Gasteiger partial charge < -0.3 is 0 Å². The first-order valence-corrected chi connectivity index (χ1v) is 5.68. The van der Waals surface area contributed by atoms with Crippen LogP contribution in [-0.2, 0) is 0 Å². The van der Waals surface area contributed by atoms with Crippen LogP contribution in [0.3, 0.4) is 0 Å². The van der Waals surface area contributed by atoms with Crippen molar-refractivity contribution in [3.05, 3.63) is 60.1 Å². The van der Waals surface area contributed by atoms with Crippen molar-refractivity contribution >= 4 is 22.4 Å². The summed E-state index contributed by atoms with van der Waals surface area (Å²) in [6.45, 7) is 0. The number of nitrogens with zero attached hydrogens (tertiary/aromatic N) is 2. The van der Waals surface area contributed by atoms with Crippen LogP contribution in [-0.4, -0.2) is 9.97 Å². The molecule has 3 aromatic rings. The Labute approximate surface area is 104 Å². The standard InChI is InChI=1S/C14H9ClN2/c15-14-16-8-11(9-17-14)13-7-3-5-10-4-1-2-6-12(10)13/h1-9H. The van der Waals surface area contributed by atoms with Gasteiger partial charge in [-0.3, -0.25) is 0 Å². The number of hydrogen-bond donors (Lipinski definition) is 0. The van der Waals surface area contributed by atoms with E-state index in [0.29, 0.717) is 0 Å². The van der Waals surface area contributed by atoms with Crippen LogP contribution in [0.15, 0.2) is 54.9 Å². The lowest BCUT2D eigenvalue weighted by atomic mass is 10.0. The lowest BCUT2D eigenvalue weighted by Gasteiger charge is -2.05. The first-order chi connectivity index (χ1) is 8.34. The van der Waals surface area contributed by atoms with Gasteiger partial charge in [0.15, 0.2) is 0 Å². The molecule has 0 spiro atoms. The van der Waals surface area contributed by atoms with Crippen LogP contribution in [0.5, 0.6) is 0 Å². The lowest BCUT2D eigenvalue weighted by Crippen LogP contribution is -1.85. The van der Waals surface area contributed by atoms with Gasteiger partial charge in [-0.1, -0.05) is 42.5 Å². The van der Waals surface area contributed by atoms with E-state index >= 15 is 0 Å². The van der Waals surface area contributed by atoms with E-state index in [9.17, 15) is 0 Å². The van der Waals surface area contributed by atoms with Crippen molar-refractivity contribution in [1.82, 2.24) is 9.97 Å². The minimum Gasteiger partial charge on any atom is -0.226 e. The van der Waals surface area contributed by atoms with Gasteiger partial charge in [0, 0.05) is 18.0 Å². The molecule has 0 fully saturated rings. The van der Waals surface area contributed by atoms with Gasteiger partial charge in [0.25, 0.3) is 0 Å².